The van der Waals surface area contributed by atoms with E-state index in [-0.39, 0.29) is 85.9 Å². The van der Waals surface area contributed by atoms with E-state index in [2.05, 4.69) is 146 Å². The number of amides is 3. The Morgan fingerprint density at radius 2 is 0.890 bits per heavy atom. The van der Waals surface area contributed by atoms with Gasteiger partial charge in [-0.2, -0.15) is 0 Å². The normalized spacial score (nSPS) is 17.6. The topological polar surface area (TPSA) is 355 Å². The largest absolute Gasteiger partial charge is 1.00 e. The molecule has 0 spiro atoms. The molecular weight excluding hydrogens is 1480 g/mol. The molecule has 3 aromatic carbocycles. The van der Waals surface area contributed by atoms with Crippen molar-refractivity contribution in [1.82, 2.24) is 30.2 Å². The molecular formula is C77H131N6NaO21Si4. The molecule has 6 rings (SSSR count). The van der Waals surface area contributed by atoms with Gasteiger partial charge in [0, 0.05) is 109 Å². The number of aliphatic carboxylic acids is 2. The van der Waals surface area contributed by atoms with Gasteiger partial charge in [0.1, 0.15) is 5.60 Å². The van der Waals surface area contributed by atoms with Crippen molar-refractivity contribution in [2.24, 2.45) is 23.7 Å². The first-order valence-electron chi connectivity index (χ1n) is 37.0. The van der Waals surface area contributed by atoms with E-state index in [1.54, 1.807) is 55.6 Å². The molecule has 3 aromatic rings. The van der Waals surface area contributed by atoms with Gasteiger partial charge in [-0.1, -0.05) is 170 Å². The molecule has 612 valence electrons. The van der Waals surface area contributed by atoms with E-state index in [0.717, 1.165) is 55.7 Å². The molecule has 3 aliphatic rings. The number of likely N-dealkylation sites (tertiary alicyclic amines) is 3. The van der Waals surface area contributed by atoms with Gasteiger partial charge in [0.25, 0.3) is 0 Å². The minimum atomic E-state index is -1.31. The van der Waals surface area contributed by atoms with Crippen molar-refractivity contribution in [1.29, 1.82) is 0 Å². The molecule has 0 unspecified atom stereocenters. The standard InChI is InChI=1S/C20H32N2O4Si.C18H34N2O6Si.C15H19NO4.C13H23NOSi.C6H8O4.C5H14OSi.Na.H2O/c1-5-25-19(23)17-14-22(13-16-9-7-6-8-10-16)15-18(17)21-20(24)26-11-12-27(2,3)4;1-8-24-15(21)13-11-20(17(23)26-18(2,3)4)12-14(13)19-16(22)25-9-10-27(5,6)7;1-2-20-15(19)13-10-16(9-12(13)14(17)18)8-11-6-4-3-5-7-11;1-15-11-14(12-16(2,3)4)10-13-8-6-5-7-9-13;1-2-10-6(9)4-3-5(7)8;1-7(2,3)5-4-6;;/h6-10,17-18H,5,11-15H2,1-4H3,(H,21,24);13-14H,8-12H2,1-7H3,(H,19,22);3-7,12-13H,2,8-10H2,1H3,(H,17,18);5-9H,10-12H2,1-4H3;3-4H,2H2,1H3,(H,7,8);6H,4-5H2,1-3H3;;1H2/q;;;;;;+1;/p-1/b;;;;4-3+;;;/t17-,18-;13-,14-;12-,13-;;;;;/m111...../s1. The Hall–Kier alpha value is -6.34. The van der Waals surface area contributed by atoms with E-state index in [0.29, 0.717) is 59.2 Å². The summed E-state index contributed by atoms with van der Waals surface area (Å²) in [5, 5.41) is 31.3. The monoisotopic (exact) mass is 1610 g/mol. The third-order valence-electron chi connectivity index (χ3n) is 15.9. The number of ether oxygens (including phenoxy) is 8. The third-order valence-corrected chi connectivity index (χ3v) is 22.4. The Morgan fingerprint density at radius 1 is 0.505 bits per heavy atom. The second-order valence-electron chi connectivity index (χ2n) is 32.1. The minimum Gasteiger partial charge on any atom is -0.870 e. The first-order chi connectivity index (χ1) is 49.9. The fraction of sp³-hybridized carbons (Fsp3) is 0.623. The van der Waals surface area contributed by atoms with Crippen LogP contribution in [0.1, 0.15) is 65.2 Å². The maximum absolute atomic E-state index is 12.3. The number of carboxylic acids is 2. The maximum atomic E-state index is 12.3. The summed E-state index contributed by atoms with van der Waals surface area (Å²) >= 11 is 0. The Balaban J connectivity index is 0. The van der Waals surface area contributed by atoms with E-state index in [4.69, 9.17) is 43.4 Å². The van der Waals surface area contributed by atoms with Gasteiger partial charge in [0.05, 0.1) is 90.2 Å². The molecule has 0 bridgehead atoms. The van der Waals surface area contributed by atoms with E-state index in [1.165, 1.54) is 22.2 Å². The number of carboxylic acid groups (broad SMARTS) is 2. The van der Waals surface area contributed by atoms with E-state index >= 15 is 0 Å². The van der Waals surface area contributed by atoms with Crippen molar-refractivity contribution >= 4 is 86.4 Å². The smallest absolute Gasteiger partial charge is 0.870 e. The van der Waals surface area contributed by atoms with Gasteiger partial charge in [-0.05, 0) is 89.5 Å². The number of rotatable bonds is 30. The maximum Gasteiger partial charge on any atom is 1.00 e. The van der Waals surface area contributed by atoms with Crippen LogP contribution in [-0.2, 0) is 86.3 Å². The Bertz CT molecular complexity index is 3140. The Labute approximate surface area is 675 Å². The quantitative estimate of drug-likeness (QED) is 0.0137. The van der Waals surface area contributed by atoms with Crippen LogP contribution in [0.15, 0.2) is 103 Å². The minimum absolute atomic E-state index is 0. The molecule has 27 nitrogen and oxygen atoms in total. The van der Waals surface area contributed by atoms with Crippen LogP contribution in [0.25, 0.3) is 0 Å². The third kappa shape index (κ3) is 50.3. The van der Waals surface area contributed by atoms with Crippen LogP contribution in [0.3, 0.4) is 0 Å². The van der Waals surface area contributed by atoms with Gasteiger partial charge >= 0.3 is 83.7 Å². The summed E-state index contributed by atoms with van der Waals surface area (Å²) in [5.74, 6) is -6.13. The van der Waals surface area contributed by atoms with Crippen LogP contribution in [0.2, 0.25) is 96.7 Å². The Morgan fingerprint density at radius 3 is 1.26 bits per heavy atom. The van der Waals surface area contributed by atoms with Crippen molar-refractivity contribution in [3.8, 4) is 0 Å². The average molecular weight is 1610 g/mol. The molecule has 0 aliphatic carbocycles. The van der Waals surface area contributed by atoms with Crippen LogP contribution in [0.4, 0.5) is 14.4 Å². The fourth-order valence-corrected chi connectivity index (χ4v) is 14.4. The number of aliphatic hydroxyl groups excluding tert-OH is 1. The number of nitrogens with zero attached hydrogens (tertiary/aromatic N) is 4. The van der Waals surface area contributed by atoms with Gasteiger partial charge < -0.3 is 74.2 Å². The van der Waals surface area contributed by atoms with Crippen molar-refractivity contribution in [3.63, 3.8) is 0 Å². The number of methoxy groups -OCH3 is 1. The van der Waals surface area contributed by atoms with Crippen molar-refractivity contribution in [2.45, 2.75) is 182 Å². The molecule has 3 saturated heterocycles. The number of esters is 4. The fourth-order valence-electron chi connectivity index (χ4n) is 10.8. The Kier molecular flexibility index (Phi) is 52.2. The van der Waals surface area contributed by atoms with Gasteiger partial charge in [-0.3, -0.25) is 33.9 Å². The van der Waals surface area contributed by atoms with Crippen LogP contribution in [-0.4, -0.2) is 250 Å². The van der Waals surface area contributed by atoms with Gasteiger partial charge in [-0.25, -0.2) is 24.0 Å². The zero-order valence-corrected chi connectivity index (χ0v) is 75.1. The number of alkyl carbamates (subject to hydrolysis) is 2. The summed E-state index contributed by atoms with van der Waals surface area (Å²) in [7, 11) is -2.77. The molecule has 6 atom stereocenters. The second kappa shape index (κ2) is 54.4. The predicted octanol–water partition coefficient (Wildman–Crippen LogP) is 8.65. The summed E-state index contributed by atoms with van der Waals surface area (Å²) in [6.07, 6.45) is 1.22. The summed E-state index contributed by atoms with van der Waals surface area (Å²) in [4.78, 5) is 112. The number of nitrogens with one attached hydrogen (secondary N) is 2. The van der Waals surface area contributed by atoms with Crippen molar-refractivity contribution in [2.75, 3.05) is 106 Å². The summed E-state index contributed by atoms with van der Waals surface area (Å²) in [5.41, 5.74) is 3.01. The van der Waals surface area contributed by atoms with E-state index in [9.17, 15) is 48.3 Å². The molecule has 3 fully saturated rings. The zero-order valence-electron chi connectivity index (χ0n) is 69.1. The number of aliphatic hydroxyl groups is 1. The second-order valence-corrected chi connectivity index (χ2v) is 54.4. The number of carbonyl (C=O) groups excluding carboxylic acids is 7. The predicted molar refractivity (Wildman–Crippen MR) is 428 cm³/mol. The van der Waals surface area contributed by atoms with Crippen LogP contribution in [0, 0.1) is 23.7 Å². The van der Waals surface area contributed by atoms with Gasteiger partial charge in [0.15, 0.2) is 0 Å². The van der Waals surface area contributed by atoms with E-state index < -0.39 is 110 Å². The number of hydrogen-bond donors (Lipinski definition) is 5. The molecule has 3 heterocycles. The number of benzene rings is 3. The molecule has 109 heavy (non-hydrogen) atoms. The molecule has 0 saturated carbocycles. The van der Waals surface area contributed by atoms with Crippen LogP contribution >= 0.6 is 0 Å². The molecule has 3 aliphatic heterocycles. The van der Waals surface area contributed by atoms with Crippen LogP contribution in [0.5, 0.6) is 0 Å². The van der Waals surface area contributed by atoms with Crippen molar-refractivity contribution < 1.29 is 131 Å². The van der Waals surface area contributed by atoms with Crippen molar-refractivity contribution in [3.05, 3.63) is 120 Å². The molecule has 3 amide bonds. The number of hydrogen-bond acceptors (Lipinski definition) is 22. The summed E-state index contributed by atoms with van der Waals surface area (Å²) in [6.45, 7) is 47.0. The SMILES string of the molecule is CCOC(=O)/C=C/C(=O)O.CCOC(=O)[C@@H]1CN(C(=O)OC(C)(C)C)C[C@H]1NC(=O)OCC[Si](C)(C)C.CCOC(=O)[C@@H]1CN(Cc2ccccc2)C[C@H]1C(=O)O.CCOC(=O)[C@@H]1CN(Cc2ccccc2)C[C@H]1NC(=O)OCC[Si](C)(C)C.COCN(Cc1ccccc1)C[Si](C)(C)C.C[Si](C)(C)CCO.[Na+].[OH-]. The molecule has 6 N–H and O–H groups in total. The summed E-state index contributed by atoms with van der Waals surface area (Å²) in [6, 6.07) is 32.5. The van der Waals surface area contributed by atoms with Gasteiger partial charge in [0.2, 0.25) is 0 Å². The number of carbonyl (C=O) groups is 9. The first kappa shape index (κ1) is 105. The van der Waals surface area contributed by atoms with E-state index in [1.807, 2.05) is 53.4 Å². The first-order valence-corrected chi connectivity index (χ1v) is 51.8. The average Bonchev–Trinajstić information content (AvgIpc) is 1.70. The molecule has 32 heteroatoms. The van der Waals surface area contributed by atoms with Crippen LogP contribution < -0.4 is 40.2 Å². The molecule has 0 aromatic heterocycles. The van der Waals surface area contributed by atoms with Gasteiger partial charge in [-0.15, -0.1) is 0 Å². The molecule has 0 radical (unpaired) electrons. The zero-order chi connectivity index (χ0) is 81.1. The summed E-state index contributed by atoms with van der Waals surface area (Å²) < 4.78 is 40.9.